The number of carbonyl (C=O) groups excluding carboxylic acids is 1. The highest BCUT2D eigenvalue weighted by Gasteiger charge is 2.36. The van der Waals surface area contributed by atoms with Gasteiger partial charge in [0.1, 0.15) is 22.8 Å². The average molecular weight is 710 g/mol. The minimum Gasteiger partial charge on any atom is -0.506 e. The first-order valence-electron chi connectivity index (χ1n) is 15.3. The van der Waals surface area contributed by atoms with Gasteiger partial charge in [0.2, 0.25) is 10.0 Å². The number of aliphatic hydroxyl groups excluding tert-OH is 1. The molecule has 0 spiro atoms. The molecule has 48 heavy (non-hydrogen) atoms. The van der Waals surface area contributed by atoms with Crippen molar-refractivity contribution in [3.63, 3.8) is 0 Å². The number of amides is 2. The van der Waals surface area contributed by atoms with Crippen molar-refractivity contribution in [3.05, 3.63) is 83.4 Å². The summed E-state index contributed by atoms with van der Waals surface area (Å²) in [7, 11) is -7.73. The fourth-order valence-electron chi connectivity index (χ4n) is 5.47. The van der Waals surface area contributed by atoms with Crippen molar-refractivity contribution in [1.82, 2.24) is 15.5 Å². The van der Waals surface area contributed by atoms with Gasteiger partial charge in [0.05, 0.1) is 29.5 Å². The highest BCUT2D eigenvalue weighted by Crippen LogP contribution is 2.30. The van der Waals surface area contributed by atoms with Crippen LogP contribution in [0.1, 0.15) is 43.9 Å². The van der Waals surface area contributed by atoms with Gasteiger partial charge in [-0.2, -0.15) is 0 Å². The lowest BCUT2D eigenvalue weighted by Crippen LogP contribution is -2.47. The zero-order chi connectivity index (χ0) is 35.2. The third-order valence-corrected chi connectivity index (χ3v) is 10.8. The van der Waals surface area contributed by atoms with Crippen molar-refractivity contribution in [1.29, 1.82) is 0 Å². The summed E-state index contributed by atoms with van der Waals surface area (Å²) >= 11 is 0. The largest absolute Gasteiger partial charge is 0.506 e. The molecule has 1 aliphatic rings. The Kier molecular flexibility index (Phi) is 12.0. The van der Waals surface area contributed by atoms with Crippen LogP contribution in [0.2, 0.25) is 0 Å². The number of nitrogens with zero attached hydrogens (tertiary/aromatic N) is 1. The van der Waals surface area contributed by atoms with E-state index in [0.717, 1.165) is 24.5 Å². The maximum Gasteiger partial charge on any atom is 0.322 e. The number of carbonyl (C=O) groups is 1. The van der Waals surface area contributed by atoms with Crippen molar-refractivity contribution in [2.24, 2.45) is 5.92 Å². The van der Waals surface area contributed by atoms with Gasteiger partial charge in [-0.05, 0) is 106 Å². The number of sulfonamides is 1. The predicted molar refractivity (Wildman–Crippen MR) is 179 cm³/mol. The van der Waals surface area contributed by atoms with Crippen LogP contribution in [-0.2, 0) is 26.4 Å². The number of hydrogen-bond donors (Lipinski definition) is 6. The van der Waals surface area contributed by atoms with E-state index in [1.807, 2.05) is 0 Å². The van der Waals surface area contributed by atoms with E-state index in [1.54, 1.807) is 13.8 Å². The molecule has 1 fully saturated rings. The van der Waals surface area contributed by atoms with Gasteiger partial charge in [-0.1, -0.05) is 6.07 Å². The summed E-state index contributed by atoms with van der Waals surface area (Å²) in [6.07, 6.45) is 0.788. The van der Waals surface area contributed by atoms with Crippen LogP contribution in [0, 0.1) is 17.6 Å². The minimum absolute atomic E-state index is 0.0123. The van der Waals surface area contributed by atoms with Crippen LogP contribution in [0.4, 0.5) is 25.0 Å². The number of piperidine rings is 1. The van der Waals surface area contributed by atoms with Gasteiger partial charge >= 0.3 is 6.03 Å². The van der Waals surface area contributed by atoms with E-state index in [-0.39, 0.29) is 58.2 Å². The molecule has 262 valence electrons. The Labute approximate surface area is 279 Å². The first kappa shape index (κ1) is 37.0. The van der Waals surface area contributed by atoms with Crippen LogP contribution in [0.25, 0.3) is 0 Å². The standard InChI is InChI=1S/C32H41F2N5O7S2/c1-20(2)39(19-23-16-24(33)5-10-27(23)34)32(42)37-25-6-8-26(9-7-25)48(45,46)31(21-12-14-35-15-13-21)36-18-30(41)22-4-11-29(40)28(17-22)38-47(3,43)44/h4-11,16-17,20-21,30-31,35-36,38,40-41H,12-15,18-19H2,1-3H3,(H,37,42)/t30-,31?/m0/s1. The highest BCUT2D eigenvalue weighted by atomic mass is 32.2. The number of phenols is 1. The van der Waals surface area contributed by atoms with Gasteiger partial charge in [0.25, 0.3) is 0 Å². The monoisotopic (exact) mass is 709 g/mol. The molecular formula is C32H41F2N5O7S2. The number of rotatable bonds is 13. The molecule has 0 aromatic heterocycles. The summed E-state index contributed by atoms with van der Waals surface area (Å²) in [5.74, 6) is -1.91. The Morgan fingerprint density at radius 2 is 1.67 bits per heavy atom. The summed E-state index contributed by atoms with van der Waals surface area (Å²) in [5.41, 5.74) is 0.431. The van der Waals surface area contributed by atoms with E-state index in [1.165, 1.54) is 47.4 Å². The van der Waals surface area contributed by atoms with Crippen LogP contribution in [0.3, 0.4) is 0 Å². The van der Waals surface area contributed by atoms with E-state index >= 15 is 0 Å². The predicted octanol–water partition coefficient (Wildman–Crippen LogP) is 3.91. The molecule has 2 amide bonds. The van der Waals surface area contributed by atoms with Gasteiger partial charge in [-0.3, -0.25) is 10.0 Å². The molecule has 1 heterocycles. The fraction of sp³-hybridized carbons (Fsp3) is 0.406. The number of aromatic hydroxyl groups is 1. The molecule has 0 saturated carbocycles. The van der Waals surface area contributed by atoms with Crippen molar-refractivity contribution >= 4 is 37.3 Å². The molecule has 0 radical (unpaired) electrons. The van der Waals surface area contributed by atoms with Gasteiger partial charge in [0, 0.05) is 23.8 Å². The number of aliphatic hydroxyl groups is 1. The molecule has 16 heteroatoms. The molecule has 1 saturated heterocycles. The Morgan fingerprint density at radius 3 is 2.29 bits per heavy atom. The quantitative estimate of drug-likeness (QED) is 0.144. The maximum atomic E-state index is 14.3. The maximum absolute atomic E-state index is 14.3. The number of phenolic OH excluding ortho intramolecular Hbond substituents is 1. The summed E-state index contributed by atoms with van der Waals surface area (Å²) < 4.78 is 81.5. The zero-order valence-corrected chi connectivity index (χ0v) is 28.4. The van der Waals surface area contributed by atoms with Crippen molar-refractivity contribution in [2.45, 2.75) is 55.6 Å². The molecule has 1 aliphatic heterocycles. The second-order valence-corrected chi connectivity index (χ2v) is 15.9. The number of urea groups is 1. The Morgan fingerprint density at radius 1 is 1.00 bits per heavy atom. The van der Waals surface area contributed by atoms with Crippen LogP contribution in [-0.4, -0.2) is 75.3 Å². The van der Waals surface area contributed by atoms with Gasteiger partial charge < -0.3 is 25.7 Å². The molecular weight excluding hydrogens is 669 g/mol. The molecule has 1 unspecified atom stereocenters. The van der Waals surface area contributed by atoms with Gasteiger partial charge in [-0.25, -0.2) is 30.4 Å². The number of hydrogen-bond acceptors (Lipinski definition) is 9. The van der Waals surface area contributed by atoms with Gasteiger partial charge in [0.15, 0.2) is 9.84 Å². The lowest BCUT2D eigenvalue weighted by molar-refractivity contribution is 0.168. The Hall–Kier alpha value is -3.83. The van der Waals surface area contributed by atoms with E-state index in [2.05, 4.69) is 20.7 Å². The van der Waals surface area contributed by atoms with Crippen molar-refractivity contribution in [2.75, 3.05) is 35.9 Å². The third-order valence-electron chi connectivity index (χ3n) is 8.03. The smallest absolute Gasteiger partial charge is 0.322 e. The van der Waals surface area contributed by atoms with Crippen LogP contribution < -0.4 is 20.7 Å². The molecule has 3 aromatic carbocycles. The summed E-state index contributed by atoms with van der Waals surface area (Å²) in [6.45, 7) is 4.29. The van der Waals surface area contributed by atoms with Crippen molar-refractivity contribution in [3.8, 4) is 5.75 Å². The van der Waals surface area contributed by atoms with Gasteiger partial charge in [-0.15, -0.1) is 0 Å². The number of sulfone groups is 1. The molecule has 3 aromatic rings. The summed E-state index contributed by atoms with van der Waals surface area (Å²) in [4.78, 5) is 14.4. The summed E-state index contributed by atoms with van der Waals surface area (Å²) in [5, 5.41) is 28.8. The van der Waals surface area contributed by atoms with E-state index in [4.69, 9.17) is 0 Å². The number of halogens is 2. The average Bonchev–Trinajstić information content (AvgIpc) is 3.02. The lowest BCUT2D eigenvalue weighted by Gasteiger charge is -2.32. The normalized spacial score (nSPS) is 15.6. The highest BCUT2D eigenvalue weighted by molar-refractivity contribution is 7.92. The second kappa shape index (κ2) is 15.6. The summed E-state index contributed by atoms with van der Waals surface area (Å²) in [6, 6.07) is 11.6. The lowest BCUT2D eigenvalue weighted by atomic mass is 9.97. The zero-order valence-electron chi connectivity index (χ0n) is 26.8. The van der Waals surface area contributed by atoms with Crippen LogP contribution in [0.5, 0.6) is 5.75 Å². The molecule has 4 rings (SSSR count). The van der Waals surface area contributed by atoms with Crippen molar-refractivity contribution < 1.29 is 40.6 Å². The molecule has 0 bridgehead atoms. The molecule has 2 atom stereocenters. The minimum atomic E-state index is -4.02. The molecule has 12 nitrogen and oxygen atoms in total. The van der Waals surface area contributed by atoms with E-state index in [9.17, 15) is 40.6 Å². The van der Waals surface area contributed by atoms with E-state index < -0.39 is 49.0 Å². The third kappa shape index (κ3) is 9.63. The first-order chi connectivity index (χ1) is 22.5. The topological polar surface area (TPSA) is 177 Å². The van der Waals surface area contributed by atoms with Crippen LogP contribution in [0.15, 0.2) is 65.6 Å². The Bertz CT molecular complexity index is 1800. The number of anilines is 2. The second-order valence-electron chi connectivity index (χ2n) is 12.0. The van der Waals surface area contributed by atoms with Crippen LogP contribution >= 0.6 is 0 Å². The molecule has 0 aliphatic carbocycles. The number of nitrogens with one attached hydrogen (secondary N) is 4. The SMILES string of the molecule is CC(C)N(Cc1cc(F)ccc1F)C(=O)Nc1ccc(S(=O)(=O)C(NC[C@H](O)c2ccc(O)c(NS(C)(=O)=O)c2)C2CCNCC2)cc1. The number of benzene rings is 3. The Balaban J connectivity index is 1.50. The first-order valence-corrected chi connectivity index (χ1v) is 18.8. The van der Waals surface area contributed by atoms with E-state index in [0.29, 0.717) is 25.9 Å². The fourth-order valence-corrected chi connectivity index (χ4v) is 7.94. The molecule has 6 N–H and O–H groups in total.